The van der Waals surface area contributed by atoms with Gasteiger partial charge in [-0.25, -0.2) is 0 Å². The topological polar surface area (TPSA) is 58.4 Å². The number of hydrogen-bond acceptors (Lipinski definition) is 3. The lowest BCUT2D eigenvalue weighted by atomic mass is 9.96. The maximum Gasteiger partial charge on any atom is 0.227 e. The Bertz CT molecular complexity index is 430. The molecule has 0 bridgehead atoms. The molecule has 104 valence electrons. The van der Waals surface area contributed by atoms with Crippen molar-refractivity contribution in [2.24, 2.45) is 11.7 Å². The number of halogens is 1. The normalized spacial score (nSPS) is 17.4. The van der Waals surface area contributed by atoms with E-state index in [9.17, 15) is 4.79 Å². The Balaban J connectivity index is 1.84. The van der Waals surface area contributed by atoms with Crippen LogP contribution in [0.1, 0.15) is 12.8 Å². The second kappa shape index (κ2) is 7.03. The summed E-state index contributed by atoms with van der Waals surface area (Å²) >= 11 is 3.40. The molecule has 1 aromatic rings. The van der Waals surface area contributed by atoms with Crippen molar-refractivity contribution in [2.75, 3.05) is 31.5 Å². The molecule has 5 heteroatoms. The van der Waals surface area contributed by atoms with Gasteiger partial charge in [-0.15, -0.1) is 0 Å². The lowest BCUT2D eigenvalue weighted by Crippen LogP contribution is -2.40. The summed E-state index contributed by atoms with van der Waals surface area (Å²) in [6.45, 7) is 3.55. The number of benzene rings is 1. The van der Waals surface area contributed by atoms with Crippen LogP contribution in [0.5, 0.6) is 0 Å². The Morgan fingerprint density at radius 1 is 1.42 bits per heavy atom. The smallest absolute Gasteiger partial charge is 0.227 e. The van der Waals surface area contributed by atoms with Gasteiger partial charge in [0.2, 0.25) is 5.91 Å². The van der Waals surface area contributed by atoms with E-state index in [4.69, 9.17) is 5.73 Å². The van der Waals surface area contributed by atoms with Gasteiger partial charge in [-0.3, -0.25) is 4.79 Å². The molecule has 0 radical (unpaired) electrons. The number of rotatable bonds is 4. The van der Waals surface area contributed by atoms with E-state index >= 15 is 0 Å². The van der Waals surface area contributed by atoms with Crippen molar-refractivity contribution in [1.29, 1.82) is 0 Å². The molecule has 1 aliphatic heterocycles. The van der Waals surface area contributed by atoms with Crippen molar-refractivity contribution in [3.8, 4) is 0 Å². The van der Waals surface area contributed by atoms with Crippen LogP contribution in [0.3, 0.4) is 0 Å². The molecule has 1 aliphatic rings. The van der Waals surface area contributed by atoms with Crippen LogP contribution >= 0.6 is 15.9 Å². The summed E-state index contributed by atoms with van der Waals surface area (Å²) in [5, 5.41) is 2.99. The fourth-order valence-electron chi connectivity index (χ4n) is 2.41. The van der Waals surface area contributed by atoms with E-state index in [1.54, 1.807) is 0 Å². The minimum absolute atomic E-state index is 0.119. The van der Waals surface area contributed by atoms with Crippen molar-refractivity contribution in [3.63, 3.8) is 0 Å². The van der Waals surface area contributed by atoms with Gasteiger partial charge in [-0.1, -0.05) is 22.0 Å². The molecule has 0 aromatic heterocycles. The lowest BCUT2D eigenvalue weighted by molar-refractivity contribution is -0.121. The van der Waals surface area contributed by atoms with Crippen molar-refractivity contribution in [2.45, 2.75) is 12.8 Å². The van der Waals surface area contributed by atoms with E-state index < -0.39 is 0 Å². The van der Waals surface area contributed by atoms with Gasteiger partial charge in [0.25, 0.3) is 0 Å². The monoisotopic (exact) mass is 325 g/mol. The largest absolute Gasteiger partial charge is 0.329 e. The van der Waals surface area contributed by atoms with Crippen molar-refractivity contribution in [1.82, 2.24) is 4.90 Å². The molecule has 0 spiro atoms. The van der Waals surface area contributed by atoms with Crippen LogP contribution in [-0.4, -0.2) is 37.0 Å². The van der Waals surface area contributed by atoms with Gasteiger partial charge in [0, 0.05) is 29.2 Å². The molecule has 1 amide bonds. The fourth-order valence-corrected chi connectivity index (χ4v) is 2.81. The third-order valence-corrected chi connectivity index (χ3v) is 3.99. The van der Waals surface area contributed by atoms with Gasteiger partial charge >= 0.3 is 0 Å². The maximum absolute atomic E-state index is 12.2. The predicted molar refractivity (Wildman–Crippen MR) is 81.0 cm³/mol. The Kier molecular flexibility index (Phi) is 5.36. The standard InChI is InChI=1S/C14H20BrN3O/c15-12-2-1-3-13(10-12)17-14(19)11-4-7-18(8-5-11)9-6-16/h1-3,10-11H,4-9,16H2,(H,17,19). The average molecular weight is 326 g/mol. The Morgan fingerprint density at radius 3 is 2.79 bits per heavy atom. The lowest BCUT2D eigenvalue weighted by Gasteiger charge is -2.30. The molecule has 1 heterocycles. The van der Waals surface area contributed by atoms with E-state index in [1.165, 1.54) is 0 Å². The van der Waals surface area contributed by atoms with Gasteiger partial charge in [0.1, 0.15) is 0 Å². The second-order valence-electron chi connectivity index (χ2n) is 4.90. The molecule has 1 fully saturated rings. The zero-order chi connectivity index (χ0) is 13.7. The number of likely N-dealkylation sites (tertiary alicyclic amines) is 1. The number of piperidine rings is 1. The number of anilines is 1. The number of carbonyl (C=O) groups excluding carboxylic acids is 1. The molecule has 4 nitrogen and oxygen atoms in total. The molecule has 2 rings (SSSR count). The van der Waals surface area contributed by atoms with E-state index in [1.807, 2.05) is 24.3 Å². The Morgan fingerprint density at radius 2 is 2.16 bits per heavy atom. The van der Waals surface area contributed by atoms with Gasteiger partial charge in [0.15, 0.2) is 0 Å². The van der Waals surface area contributed by atoms with Crippen LogP contribution in [-0.2, 0) is 4.79 Å². The Labute approximate surface area is 122 Å². The molecule has 1 saturated heterocycles. The van der Waals surface area contributed by atoms with Crippen molar-refractivity contribution >= 4 is 27.5 Å². The first-order chi connectivity index (χ1) is 9.19. The summed E-state index contributed by atoms with van der Waals surface area (Å²) in [4.78, 5) is 14.5. The number of nitrogens with two attached hydrogens (primary N) is 1. The first kappa shape index (κ1) is 14.5. The predicted octanol–water partition coefficient (Wildman–Crippen LogP) is 2.06. The molecule has 0 unspecified atom stereocenters. The fraction of sp³-hybridized carbons (Fsp3) is 0.500. The average Bonchev–Trinajstić information content (AvgIpc) is 2.40. The van der Waals surface area contributed by atoms with Gasteiger partial charge < -0.3 is 16.0 Å². The summed E-state index contributed by atoms with van der Waals surface area (Å²) in [6, 6.07) is 7.69. The summed E-state index contributed by atoms with van der Waals surface area (Å²) < 4.78 is 0.975. The highest BCUT2D eigenvalue weighted by atomic mass is 79.9. The molecular formula is C14H20BrN3O. The highest BCUT2D eigenvalue weighted by molar-refractivity contribution is 9.10. The summed E-state index contributed by atoms with van der Waals surface area (Å²) in [7, 11) is 0. The third-order valence-electron chi connectivity index (χ3n) is 3.50. The zero-order valence-electron chi connectivity index (χ0n) is 10.9. The highest BCUT2D eigenvalue weighted by Gasteiger charge is 2.24. The SMILES string of the molecule is NCCN1CCC(C(=O)Nc2cccc(Br)c2)CC1. The summed E-state index contributed by atoms with van der Waals surface area (Å²) in [6.07, 6.45) is 1.83. The zero-order valence-corrected chi connectivity index (χ0v) is 12.5. The first-order valence-electron chi connectivity index (χ1n) is 6.68. The van der Waals surface area contributed by atoms with Crippen LogP contribution in [0.25, 0.3) is 0 Å². The van der Waals surface area contributed by atoms with E-state index in [0.29, 0.717) is 6.54 Å². The van der Waals surface area contributed by atoms with Crippen molar-refractivity contribution < 1.29 is 4.79 Å². The van der Waals surface area contributed by atoms with Gasteiger partial charge in [-0.2, -0.15) is 0 Å². The molecule has 19 heavy (non-hydrogen) atoms. The minimum atomic E-state index is 0.119. The molecule has 1 aromatic carbocycles. The van der Waals surface area contributed by atoms with Gasteiger partial charge in [-0.05, 0) is 44.1 Å². The Hall–Kier alpha value is -0.910. The first-order valence-corrected chi connectivity index (χ1v) is 7.47. The molecule has 0 atom stereocenters. The number of nitrogens with zero attached hydrogens (tertiary/aromatic N) is 1. The van der Waals surface area contributed by atoms with Crippen LogP contribution in [0.15, 0.2) is 28.7 Å². The van der Waals surface area contributed by atoms with Crippen LogP contribution in [0, 0.1) is 5.92 Å². The van der Waals surface area contributed by atoms with Crippen LogP contribution in [0.2, 0.25) is 0 Å². The van der Waals surface area contributed by atoms with Crippen LogP contribution < -0.4 is 11.1 Å². The summed E-state index contributed by atoms with van der Waals surface area (Å²) in [5.74, 6) is 0.249. The summed E-state index contributed by atoms with van der Waals surface area (Å²) in [5.41, 5.74) is 6.40. The number of nitrogens with one attached hydrogen (secondary N) is 1. The minimum Gasteiger partial charge on any atom is -0.329 e. The van der Waals surface area contributed by atoms with Crippen molar-refractivity contribution in [3.05, 3.63) is 28.7 Å². The highest BCUT2D eigenvalue weighted by Crippen LogP contribution is 2.21. The third kappa shape index (κ3) is 4.30. The van der Waals surface area contributed by atoms with E-state index in [-0.39, 0.29) is 11.8 Å². The second-order valence-corrected chi connectivity index (χ2v) is 5.82. The quantitative estimate of drug-likeness (QED) is 0.890. The molecule has 0 saturated carbocycles. The molecule has 3 N–H and O–H groups in total. The molecule has 0 aliphatic carbocycles. The number of amides is 1. The van der Waals surface area contributed by atoms with E-state index in [2.05, 4.69) is 26.1 Å². The number of hydrogen-bond donors (Lipinski definition) is 2. The van der Waals surface area contributed by atoms with E-state index in [0.717, 1.165) is 42.6 Å². The molecular weight excluding hydrogens is 306 g/mol. The maximum atomic E-state index is 12.2. The van der Waals surface area contributed by atoms with Crippen LogP contribution in [0.4, 0.5) is 5.69 Å². The van der Waals surface area contributed by atoms with Gasteiger partial charge in [0.05, 0.1) is 0 Å². The number of carbonyl (C=O) groups is 1.